The molecule has 0 bridgehead atoms. The first-order valence-electron chi connectivity index (χ1n) is 6.91. The van der Waals surface area contributed by atoms with Crippen molar-refractivity contribution in [2.24, 2.45) is 0 Å². The van der Waals surface area contributed by atoms with Crippen molar-refractivity contribution in [3.05, 3.63) is 35.4 Å². The highest BCUT2D eigenvalue weighted by Gasteiger charge is 2.13. The smallest absolute Gasteiger partial charge is 0.337 e. The Kier molecular flexibility index (Phi) is 6.48. The average molecular weight is 248 g/mol. The zero-order chi connectivity index (χ0) is 13.4. The van der Waals surface area contributed by atoms with E-state index in [-0.39, 0.29) is 5.97 Å². The van der Waals surface area contributed by atoms with Gasteiger partial charge in [-0.1, -0.05) is 45.2 Å². The molecule has 1 aromatic rings. The average Bonchev–Trinajstić information content (AvgIpc) is 2.42. The SMILES string of the molecule is CCCCC(CCC)c1cccc(C(=O)OC)c1. The predicted molar refractivity (Wildman–Crippen MR) is 75.0 cm³/mol. The first-order valence-corrected chi connectivity index (χ1v) is 6.91. The lowest BCUT2D eigenvalue weighted by Crippen LogP contribution is -2.04. The van der Waals surface area contributed by atoms with Crippen molar-refractivity contribution < 1.29 is 9.53 Å². The summed E-state index contributed by atoms with van der Waals surface area (Å²) in [6, 6.07) is 7.89. The maximum Gasteiger partial charge on any atom is 0.337 e. The first-order chi connectivity index (χ1) is 8.72. The molecule has 1 unspecified atom stereocenters. The van der Waals surface area contributed by atoms with Gasteiger partial charge in [0.1, 0.15) is 0 Å². The van der Waals surface area contributed by atoms with Crippen molar-refractivity contribution in [2.75, 3.05) is 7.11 Å². The van der Waals surface area contributed by atoms with Crippen LogP contribution in [0.15, 0.2) is 24.3 Å². The molecular formula is C16H24O2. The second kappa shape index (κ2) is 7.91. The molecule has 0 heterocycles. The monoisotopic (exact) mass is 248 g/mol. The minimum absolute atomic E-state index is 0.248. The van der Waals surface area contributed by atoms with Gasteiger partial charge in [0, 0.05) is 0 Å². The van der Waals surface area contributed by atoms with E-state index in [1.165, 1.54) is 44.8 Å². The van der Waals surface area contributed by atoms with Gasteiger partial charge in [0.25, 0.3) is 0 Å². The van der Waals surface area contributed by atoms with E-state index in [0.29, 0.717) is 11.5 Å². The summed E-state index contributed by atoms with van der Waals surface area (Å²) in [4.78, 5) is 11.5. The molecule has 18 heavy (non-hydrogen) atoms. The summed E-state index contributed by atoms with van der Waals surface area (Å²) in [6.07, 6.45) is 6.03. The van der Waals surface area contributed by atoms with Crippen LogP contribution in [-0.2, 0) is 4.74 Å². The van der Waals surface area contributed by atoms with Gasteiger partial charge in [-0.05, 0) is 36.5 Å². The highest BCUT2D eigenvalue weighted by molar-refractivity contribution is 5.89. The summed E-state index contributed by atoms with van der Waals surface area (Å²) >= 11 is 0. The number of carbonyl (C=O) groups is 1. The van der Waals surface area contributed by atoms with Gasteiger partial charge in [-0.15, -0.1) is 0 Å². The molecule has 0 fully saturated rings. The second-order valence-electron chi connectivity index (χ2n) is 4.74. The van der Waals surface area contributed by atoms with Gasteiger partial charge >= 0.3 is 5.97 Å². The molecule has 0 saturated carbocycles. The lowest BCUT2D eigenvalue weighted by molar-refractivity contribution is 0.0600. The Morgan fingerprint density at radius 1 is 1.22 bits per heavy atom. The molecule has 100 valence electrons. The summed E-state index contributed by atoms with van der Waals surface area (Å²) in [7, 11) is 1.43. The van der Waals surface area contributed by atoms with Crippen molar-refractivity contribution >= 4 is 5.97 Å². The topological polar surface area (TPSA) is 26.3 Å². The Morgan fingerprint density at radius 3 is 2.61 bits per heavy atom. The molecule has 0 radical (unpaired) electrons. The van der Waals surface area contributed by atoms with Crippen LogP contribution in [-0.4, -0.2) is 13.1 Å². The minimum atomic E-state index is -0.248. The number of rotatable bonds is 7. The quantitative estimate of drug-likeness (QED) is 0.662. The molecule has 1 atom stereocenters. The van der Waals surface area contributed by atoms with E-state index in [1.807, 2.05) is 18.2 Å². The first kappa shape index (κ1) is 14.7. The van der Waals surface area contributed by atoms with E-state index in [2.05, 4.69) is 19.9 Å². The summed E-state index contributed by atoms with van der Waals surface area (Å²) < 4.78 is 4.77. The van der Waals surface area contributed by atoms with Crippen molar-refractivity contribution in [1.29, 1.82) is 0 Å². The number of ether oxygens (including phenoxy) is 1. The molecule has 0 spiro atoms. The van der Waals surface area contributed by atoms with Crippen molar-refractivity contribution in [1.82, 2.24) is 0 Å². The van der Waals surface area contributed by atoms with E-state index in [9.17, 15) is 4.79 Å². The zero-order valence-corrected chi connectivity index (χ0v) is 11.7. The summed E-state index contributed by atoms with van der Waals surface area (Å²) in [5.74, 6) is 0.321. The highest BCUT2D eigenvalue weighted by Crippen LogP contribution is 2.27. The molecule has 2 nitrogen and oxygen atoms in total. The number of hydrogen-bond donors (Lipinski definition) is 0. The minimum Gasteiger partial charge on any atom is -0.465 e. The highest BCUT2D eigenvalue weighted by atomic mass is 16.5. The van der Waals surface area contributed by atoms with Gasteiger partial charge in [-0.3, -0.25) is 0 Å². The normalized spacial score (nSPS) is 12.2. The van der Waals surface area contributed by atoms with Gasteiger partial charge in [0.05, 0.1) is 12.7 Å². The Morgan fingerprint density at radius 2 is 2.00 bits per heavy atom. The lowest BCUT2D eigenvalue weighted by atomic mass is 9.89. The largest absolute Gasteiger partial charge is 0.465 e. The molecule has 0 amide bonds. The van der Waals surface area contributed by atoms with Gasteiger partial charge < -0.3 is 4.74 Å². The van der Waals surface area contributed by atoms with Gasteiger partial charge in [-0.2, -0.15) is 0 Å². The maximum atomic E-state index is 11.5. The van der Waals surface area contributed by atoms with Gasteiger partial charge in [0.15, 0.2) is 0 Å². The fourth-order valence-electron chi connectivity index (χ4n) is 2.31. The second-order valence-corrected chi connectivity index (χ2v) is 4.74. The van der Waals surface area contributed by atoms with E-state index >= 15 is 0 Å². The number of hydrogen-bond acceptors (Lipinski definition) is 2. The zero-order valence-electron chi connectivity index (χ0n) is 11.7. The van der Waals surface area contributed by atoms with Crippen molar-refractivity contribution in [2.45, 2.75) is 51.9 Å². The van der Waals surface area contributed by atoms with E-state index in [0.717, 1.165) is 0 Å². The molecule has 0 aliphatic heterocycles. The molecule has 0 aliphatic rings. The molecule has 0 saturated heterocycles. The fraction of sp³-hybridized carbons (Fsp3) is 0.562. The third kappa shape index (κ3) is 4.17. The molecule has 0 N–H and O–H groups in total. The van der Waals surface area contributed by atoms with Gasteiger partial charge in [-0.25, -0.2) is 4.79 Å². The predicted octanol–water partition coefficient (Wildman–Crippen LogP) is 4.55. The fourth-order valence-corrected chi connectivity index (χ4v) is 2.31. The molecule has 2 heteroatoms. The summed E-state index contributed by atoms with van der Waals surface area (Å²) in [5, 5.41) is 0. The molecule has 0 aliphatic carbocycles. The molecule has 1 rings (SSSR count). The van der Waals surface area contributed by atoms with Crippen LogP contribution in [0.5, 0.6) is 0 Å². The van der Waals surface area contributed by atoms with Crippen LogP contribution in [0.2, 0.25) is 0 Å². The van der Waals surface area contributed by atoms with Crippen LogP contribution in [0, 0.1) is 0 Å². The van der Waals surface area contributed by atoms with Crippen LogP contribution in [0.1, 0.15) is 67.8 Å². The number of carbonyl (C=O) groups excluding carboxylic acids is 1. The number of methoxy groups -OCH3 is 1. The number of esters is 1. The van der Waals surface area contributed by atoms with Crippen LogP contribution < -0.4 is 0 Å². The van der Waals surface area contributed by atoms with Gasteiger partial charge in [0.2, 0.25) is 0 Å². The Balaban J connectivity index is 2.86. The van der Waals surface area contributed by atoms with E-state index in [1.54, 1.807) is 0 Å². The standard InChI is InChI=1S/C16H24O2/c1-4-6-9-13(8-5-2)14-10-7-11-15(12-14)16(17)18-3/h7,10-13H,4-6,8-9H2,1-3H3. The Hall–Kier alpha value is -1.31. The van der Waals surface area contributed by atoms with Crippen molar-refractivity contribution in [3.63, 3.8) is 0 Å². The van der Waals surface area contributed by atoms with Crippen LogP contribution in [0.3, 0.4) is 0 Å². The lowest BCUT2D eigenvalue weighted by Gasteiger charge is -2.17. The molecule has 1 aromatic carbocycles. The van der Waals surface area contributed by atoms with Crippen LogP contribution >= 0.6 is 0 Å². The number of unbranched alkanes of at least 4 members (excludes halogenated alkanes) is 1. The van der Waals surface area contributed by atoms with Crippen LogP contribution in [0.4, 0.5) is 0 Å². The maximum absolute atomic E-state index is 11.5. The third-order valence-electron chi connectivity index (χ3n) is 3.32. The van der Waals surface area contributed by atoms with Crippen molar-refractivity contribution in [3.8, 4) is 0 Å². The Labute approximate surface area is 110 Å². The molecule has 0 aromatic heterocycles. The van der Waals surface area contributed by atoms with E-state index < -0.39 is 0 Å². The molecular weight excluding hydrogens is 224 g/mol. The Bertz CT molecular complexity index is 371. The summed E-state index contributed by atoms with van der Waals surface area (Å²) in [5.41, 5.74) is 1.93. The van der Waals surface area contributed by atoms with Crippen LogP contribution in [0.25, 0.3) is 0 Å². The van der Waals surface area contributed by atoms with E-state index in [4.69, 9.17) is 4.74 Å². The third-order valence-corrected chi connectivity index (χ3v) is 3.32. The number of benzene rings is 1. The summed E-state index contributed by atoms with van der Waals surface area (Å²) in [6.45, 7) is 4.43.